The van der Waals surface area contributed by atoms with Crippen LogP contribution in [0.2, 0.25) is 5.15 Å². The van der Waals surface area contributed by atoms with Gasteiger partial charge >= 0.3 is 0 Å². The number of hydrogen-bond donors (Lipinski definition) is 0. The number of thiazole rings is 1. The normalized spacial score (nSPS) is 10.4. The number of aromatic nitrogens is 1. The second-order valence-electron chi connectivity index (χ2n) is 3.10. The summed E-state index contributed by atoms with van der Waals surface area (Å²) in [6, 6.07) is 5.78. The van der Waals surface area contributed by atoms with Gasteiger partial charge in [-0.2, -0.15) is 4.98 Å². The monoisotopic (exact) mass is 257 g/mol. The Labute approximate surface area is 102 Å². The molecule has 0 saturated carbocycles. The van der Waals surface area contributed by atoms with Crippen molar-refractivity contribution in [3.63, 3.8) is 0 Å². The lowest BCUT2D eigenvalue weighted by Crippen LogP contribution is -1.82. The number of hydrogen-bond acceptors (Lipinski definition) is 3. The zero-order valence-corrected chi connectivity index (χ0v) is 10.1. The predicted molar refractivity (Wildman–Crippen MR) is 63.0 cm³/mol. The Morgan fingerprint density at radius 2 is 2.06 bits per heavy atom. The van der Waals surface area contributed by atoms with Crippen molar-refractivity contribution in [2.75, 3.05) is 0 Å². The minimum Gasteiger partial charge on any atom is -0.431 e. The maximum absolute atomic E-state index is 12.7. The molecule has 0 unspecified atom stereocenters. The Kier molecular flexibility index (Phi) is 3.41. The lowest BCUT2D eigenvalue weighted by atomic mass is 10.3. The van der Waals surface area contributed by atoms with Gasteiger partial charge in [0.1, 0.15) is 16.7 Å². The molecule has 0 bridgehead atoms. The summed E-state index contributed by atoms with van der Waals surface area (Å²) in [4.78, 5) is 5.05. The molecule has 84 valence electrons. The molecule has 0 fully saturated rings. The molecule has 16 heavy (non-hydrogen) atoms. The second kappa shape index (κ2) is 4.80. The van der Waals surface area contributed by atoms with Crippen LogP contribution in [-0.2, 0) is 6.42 Å². The van der Waals surface area contributed by atoms with E-state index >= 15 is 0 Å². The Morgan fingerprint density at radius 1 is 1.38 bits per heavy atom. The van der Waals surface area contributed by atoms with E-state index in [-0.39, 0.29) is 5.82 Å². The molecule has 0 amide bonds. The minimum atomic E-state index is -0.293. The Bertz CT molecular complexity index is 483. The fourth-order valence-electron chi connectivity index (χ4n) is 1.18. The maximum Gasteiger partial charge on any atom is 0.280 e. The molecule has 0 radical (unpaired) electrons. The van der Waals surface area contributed by atoms with E-state index < -0.39 is 0 Å². The van der Waals surface area contributed by atoms with Crippen LogP contribution >= 0.6 is 22.9 Å². The van der Waals surface area contributed by atoms with Crippen LogP contribution in [0.3, 0.4) is 0 Å². The van der Waals surface area contributed by atoms with Gasteiger partial charge in [-0.25, -0.2) is 4.39 Å². The third-order valence-electron chi connectivity index (χ3n) is 1.97. The van der Waals surface area contributed by atoms with Crippen molar-refractivity contribution in [2.45, 2.75) is 13.3 Å². The molecule has 0 aliphatic heterocycles. The highest BCUT2D eigenvalue weighted by molar-refractivity contribution is 7.14. The molecule has 2 nitrogen and oxygen atoms in total. The molecule has 2 aromatic rings. The van der Waals surface area contributed by atoms with Gasteiger partial charge in [0.25, 0.3) is 5.19 Å². The van der Waals surface area contributed by atoms with Crippen molar-refractivity contribution in [3.05, 3.63) is 40.1 Å². The number of benzene rings is 1. The van der Waals surface area contributed by atoms with Crippen LogP contribution in [0, 0.1) is 5.82 Å². The summed E-state index contributed by atoms with van der Waals surface area (Å²) in [6.07, 6.45) is 0.823. The van der Waals surface area contributed by atoms with Crippen LogP contribution < -0.4 is 4.74 Å². The van der Waals surface area contributed by atoms with Crippen LogP contribution in [0.4, 0.5) is 4.39 Å². The van der Waals surface area contributed by atoms with Crippen LogP contribution in [0.5, 0.6) is 10.9 Å². The summed E-state index contributed by atoms with van der Waals surface area (Å²) in [7, 11) is 0. The van der Waals surface area contributed by atoms with Crippen LogP contribution in [0.1, 0.15) is 11.8 Å². The minimum absolute atomic E-state index is 0.293. The Balaban J connectivity index is 2.17. The second-order valence-corrected chi connectivity index (χ2v) is 4.51. The Morgan fingerprint density at radius 3 is 2.62 bits per heavy atom. The first kappa shape index (κ1) is 11.4. The molecule has 1 aromatic carbocycles. The zero-order valence-electron chi connectivity index (χ0n) is 8.54. The number of aryl methyl sites for hydroxylation is 1. The first-order valence-corrected chi connectivity index (χ1v) is 5.97. The average Bonchev–Trinajstić information content (AvgIpc) is 2.62. The van der Waals surface area contributed by atoms with Gasteiger partial charge in [-0.15, -0.1) is 0 Å². The maximum atomic E-state index is 12.7. The molecule has 5 heteroatoms. The molecule has 1 heterocycles. The van der Waals surface area contributed by atoms with Gasteiger partial charge in [0, 0.05) is 4.88 Å². The van der Waals surface area contributed by atoms with Gasteiger partial charge < -0.3 is 4.74 Å². The zero-order chi connectivity index (χ0) is 11.5. The standard InChI is InChI=1S/C11H9ClFNOS/c1-2-9-10(12)14-11(16-9)15-8-5-3-7(13)4-6-8/h3-6H,2H2,1H3. The summed E-state index contributed by atoms with van der Waals surface area (Å²) in [6.45, 7) is 2.00. The van der Waals surface area contributed by atoms with E-state index in [2.05, 4.69) is 4.98 Å². The summed E-state index contributed by atoms with van der Waals surface area (Å²) in [5.41, 5.74) is 0. The lowest BCUT2D eigenvalue weighted by Gasteiger charge is -1.99. The number of halogens is 2. The largest absolute Gasteiger partial charge is 0.431 e. The highest BCUT2D eigenvalue weighted by atomic mass is 35.5. The molecule has 0 N–H and O–H groups in total. The number of nitrogens with zero attached hydrogens (tertiary/aromatic N) is 1. The topological polar surface area (TPSA) is 22.1 Å². The smallest absolute Gasteiger partial charge is 0.280 e. The fraction of sp³-hybridized carbons (Fsp3) is 0.182. The summed E-state index contributed by atoms with van der Waals surface area (Å²) < 4.78 is 18.1. The van der Waals surface area contributed by atoms with Gasteiger partial charge in [-0.3, -0.25) is 0 Å². The van der Waals surface area contributed by atoms with Gasteiger partial charge in [0.15, 0.2) is 0 Å². The molecule has 0 atom stereocenters. The van der Waals surface area contributed by atoms with Crippen LogP contribution in [0.25, 0.3) is 0 Å². The fourth-order valence-corrected chi connectivity index (χ4v) is 2.31. The predicted octanol–water partition coefficient (Wildman–Crippen LogP) is 4.29. The van der Waals surface area contributed by atoms with E-state index in [9.17, 15) is 4.39 Å². The van der Waals surface area contributed by atoms with Gasteiger partial charge in [0.2, 0.25) is 0 Å². The van der Waals surface area contributed by atoms with Crippen molar-refractivity contribution in [2.24, 2.45) is 0 Å². The summed E-state index contributed by atoms with van der Waals surface area (Å²) in [5, 5.41) is 0.957. The molecule has 0 aliphatic rings. The summed E-state index contributed by atoms with van der Waals surface area (Å²) in [5.74, 6) is 0.258. The van der Waals surface area contributed by atoms with Crippen LogP contribution in [0.15, 0.2) is 24.3 Å². The molecule has 0 spiro atoms. The lowest BCUT2D eigenvalue weighted by molar-refractivity contribution is 0.477. The number of ether oxygens (including phenoxy) is 1. The molecular formula is C11H9ClFNOS. The van der Waals surface area contributed by atoms with E-state index in [1.54, 1.807) is 12.1 Å². The van der Waals surface area contributed by atoms with Gasteiger partial charge in [0.05, 0.1) is 0 Å². The highest BCUT2D eigenvalue weighted by Crippen LogP contribution is 2.32. The summed E-state index contributed by atoms with van der Waals surface area (Å²) >= 11 is 7.30. The van der Waals surface area contributed by atoms with Crippen molar-refractivity contribution in [3.8, 4) is 10.9 Å². The first-order chi connectivity index (χ1) is 7.69. The third kappa shape index (κ3) is 2.51. The van der Waals surface area contributed by atoms with E-state index in [0.717, 1.165) is 11.3 Å². The molecular weight excluding hydrogens is 249 g/mol. The van der Waals surface area contributed by atoms with Crippen molar-refractivity contribution in [1.29, 1.82) is 0 Å². The highest BCUT2D eigenvalue weighted by Gasteiger charge is 2.09. The molecule has 0 aliphatic carbocycles. The van der Waals surface area contributed by atoms with Crippen molar-refractivity contribution < 1.29 is 9.13 Å². The van der Waals surface area contributed by atoms with Crippen molar-refractivity contribution in [1.82, 2.24) is 4.98 Å². The molecule has 0 saturated heterocycles. The van der Waals surface area contributed by atoms with E-state index in [0.29, 0.717) is 16.1 Å². The quantitative estimate of drug-likeness (QED) is 0.818. The van der Waals surface area contributed by atoms with Gasteiger partial charge in [-0.1, -0.05) is 29.9 Å². The Hall–Kier alpha value is -1.13. The third-order valence-corrected chi connectivity index (χ3v) is 3.47. The average molecular weight is 258 g/mol. The van der Waals surface area contributed by atoms with E-state index in [1.165, 1.54) is 23.5 Å². The van der Waals surface area contributed by atoms with Crippen LogP contribution in [-0.4, -0.2) is 4.98 Å². The van der Waals surface area contributed by atoms with E-state index in [4.69, 9.17) is 16.3 Å². The molecule has 1 aromatic heterocycles. The first-order valence-electron chi connectivity index (χ1n) is 4.77. The molecule has 2 rings (SSSR count). The van der Waals surface area contributed by atoms with E-state index in [1.807, 2.05) is 6.92 Å². The van der Waals surface area contributed by atoms with Gasteiger partial charge in [-0.05, 0) is 30.7 Å². The van der Waals surface area contributed by atoms with Crippen molar-refractivity contribution >= 4 is 22.9 Å². The SMILES string of the molecule is CCc1sc(Oc2ccc(F)cc2)nc1Cl. The number of rotatable bonds is 3.